The first-order valence-electron chi connectivity index (χ1n) is 8.21. The molecule has 0 saturated heterocycles. The van der Waals surface area contributed by atoms with Gasteiger partial charge in [0.15, 0.2) is 0 Å². The van der Waals surface area contributed by atoms with Crippen molar-refractivity contribution < 1.29 is 14.6 Å². The zero-order chi connectivity index (χ0) is 17.4. The number of rotatable bonds is 6. The van der Waals surface area contributed by atoms with Gasteiger partial charge in [-0.1, -0.05) is 13.8 Å². The quantitative estimate of drug-likeness (QED) is 0.826. The molecule has 6 nitrogen and oxygen atoms in total. The molecule has 1 heterocycles. The van der Waals surface area contributed by atoms with E-state index in [4.69, 9.17) is 4.74 Å². The van der Waals surface area contributed by atoms with E-state index in [0.717, 1.165) is 17.0 Å². The SMILES string of the molecule is CCO[C@H]1C[C@](CO)(NC(=O)Cc2c(C)nn(C)c2C)C1(C)C. The molecule has 0 bridgehead atoms. The fourth-order valence-electron chi connectivity index (χ4n) is 3.55. The van der Waals surface area contributed by atoms with E-state index in [1.54, 1.807) is 4.68 Å². The smallest absolute Gasteiger partial charge is 0.225 e. The number of aliphatic hydroxyl groups excluding tert-OH is 1. The van der Waals surface area contributed by atoms with Crippen molar-refractivity contribution in [2.45, 2.75) is 59.1 Å². The van der Waals surface area contributed by atoms with E-state index in [2.05, 4.69) is 10.4 Å². The monoisotopic (exact) mass is 323 g/mol. The first-order valence-corrected chi connectivity index (χ1v) is 8.21. The predicted octanol–water partition coefficient (Wildman–Crippen LogP) is 1.26. The van der Waals surface area contributed by atoms with Gasteiger partial charge >= 0.3 is 0 Å². The second kappa shape index (κ2) is 6.24. The van der Waals surface area contributed by atoms with Crippen molar-refractivity contribution in [2.75, 3.05) is 13.2 Å². The second-order valence-electron chi connectivity index (χ2n) is 7.11. The standard InChI is InChI=1S/C17H29N3O3/c1-7-23-14-9-17(10-21,16(14,4)5)18-15(22)8-13-11(2)19-20(6)12(13)3/h14,21H,7-10H2,1-6H3,(H,18,22)/t14-,17+/m0/s1. The van der Waals surface area contributed by atoms with Crippen LogP contribution >= 0.6 is 0 Å². The van der Waals surface area contributed by atoms with Crippen LogP contribution in [0.25, 0.3) is 0 Å². The minimum Gasteiger partial charge on any atom is -0.394 e. The largest absolute Gasteiger partial charge is 0.394 e. The molecule has 1 fully saturated rings. The Morgan fingerprint density at radius 2 is 2.13 bits per heavy atom. The minimum atomic E-state index is -0.617. The van der Waals surface area contributed by atoms with Crippen LogP contribution < -0.4 is 5.32 Å². The molecule has 2 N–H and O–H groups in total. The second-order valence-corrected chi connectivity index (χ2v) is 7.11. The molecule has 23 heavy (non-hydrogen) atoms. The van der Waals surface area contributed by atoms with Gasteiger partial charge in [-0.05, 0) is 20.8 Å². The minimum absolute atomic E-state index is 0.0572. The van der Waals surface area contributed by atoms with Crippen molar-refractivity contribution in [1.29, 1.82) is 0 Å². The van der Waals surface area contributed by atoms with Crippen molar-refractivity contribution in [3.63, 3.8) is 0 Å². The van der Waals surface area contributed by atoms with Gasteiger partial charge in [-0.25, -0.2) is 0 Å². The van der Waals surface area contributed by atoms with Crippen LogP contribution in [0.3, 0.4) is 0 Å². The van der Waals surface area contributed by atoms with E-state index in [1.165, 1.54) is 0 Å². The van der Waals surface area contributed by atoms with Crippen molar-refractivity contribution in [2.24, 2.45) is 12.5 Å². The van der Waals surface area contributed by atoms with E-state index < -0.39 is 5.54 Å². The summed E-state index contributed by atoms with van der Waals surface area (Å²) < 4.78 is 7.51. The van der Waals surface area contributed by atoms with Gasteiger partial charge in [0.2, 0.25) is 5.91 Å². The molecule has 1 aliphatic rings. The van der Waals surface area contributed by atoms with Gasteiger partial charge in [-0.2, -0.15) is 5.10 Å². The Labute approximate surface area is 138 Å². The number of carbonyl (C=O) groups is 1. The number of hydrogen-bond acceptors (Lipinski definition) is 4. The van der Waals surface area contributed by atoms with Gasteiger partial charge in [0.1, 0.15) is 0 Å². The van der Waals surface area contributed by atoms with Gasteiger partial charge in [0.25, 0.3) is 0 Å². The highest BCUT2D eigenvalue weighted by Crippen LogP contribution is 2.51. The van der Waals surface area contributed by atoms with Crippen LogP contribution in [0.2, 0.25) is 0 Å². The Balaban J connectivity index is 2.10. The zero-order valence-corrected chi connectivity index (χ0v) is 15.1. The Kier molecular flexibility index (Phi) is 4.87. The fourth-order valence-corrected chi connectivity index (χ4v) is 3.55. The number of nitrogens with one attached hydrogen (secondary N) is 1. The third-order valence-electron chi connectivity index (χ3n) is 5.58. The maximum absolute atomic E-state index is 12.5. The Morgan fingerprint density at radius 1 is 1.48 bits per heavy atom. The number of aliphatic hydroxyl groups is 1. The van der Waals surface area contributed by atoms with Crippen LogP contribution in [0.1, 0.15) is 44.1 Å². The first-order chi connectivity index (χ1) is 10.7. The van der Waals surface area contributed by atoms with Crippen LogP contribution in [0.4, 0.5) is 0 Å². The highest BCUT2D eigenvalue weighted by Gasteiger charge is 2.61. The number of hydrogen-bond donors (Lipinski definition) is 2. The molecule has 0 aromatic carbocycles. The summed E-state index contributed by atoms with van der Waals surface area (Å²) in [5.74, 6) is -0.0822. The lowest BCUT2D eigenvalue weighted by Gasteiger charge is -2.60. The lowest BCUT2D eigenvalue weighted by molar-refractivity contribution is -0.180. The van der Waals surface area contributed by atoms with E-state index in [0.29, 0.717) is 13.0 Å². The average Bonchev–Trinajstić information content (AvgIpc) is 2.72. The third kappa shape index (κ3) is 2.90. The first kappa shape index (κ1) is 17.9. The fraction of sp³-hybridized carbons (Fsp3) is 0.765. The van der Waals surface area contributed by atoms with Crippen LogP contribution in [-0.2, 0) is 23.0 Å². The lowest BCUT2D eigenvalue weighted by atomic mass is 9.54. The van der Waals surface area contributed by atoms with Crippen LogP contribution in [0, 0.1) is 19.3 Å². The number of carbonyl (C=O) groups excluding carboxylic acids is 1. The summed E-state index contributed by atoms with van der Waals surface area (Å²) in [5.41, 5.74) is 1.91. The molecule has 1 aromatic rings. The summed E-state index contributed by atoms with van der Waals surface area (Å²) in [7, 11) is 1.88. The summed E-state index contributed by atoms with van der Waals surface area (Å²) >= 11 is 0. The van der Waals surface area contributed by atoms with Crippen molar-refractivity contribution in [3.05, 3.63) is 17.0 Å². The summed E-state index contributed by atoms with van der Waals surface area (Å²) in [6, 6.07) is 0. The predicted molar refractivity (Wildman–Crippen MR) is 88.2 cm³/mol. The summed E-state index contributed by atoms with van der Waals surface area (Å²) in [5, 5.41) is 17.3. The molecule has 1 aromatic heterocycles. The molecule has 6 heteroatoms. The number of amides is 1. The molecule has 2 atom stereocenters. The molecule has 130 valence electrons. The van der Waals surface area contributed by atoms with Crippen LogP contribution in [-0.4, -0.2) is 45.7 Å². The highest BCUT2D eigenvalue weighted by molar-refractivity contribution is 5.80. The Morgan fingerprint density at radius 3 is 2.57 bits per heavy atom. The van der Waals surface area contributed by atoms with Crippen LogP contribution in [0.15, 0.2) is 0 Å². The average molecular weight is 323 g/mol. The maximum Gasteiger partial charge on any atom is 0.225 e. The highest BCUT2D eigenvalue weighted by atomic mass is 16.5. The Hall–Kier alpha value is -1.40. The lowest BCUT2D eigenvalue weighted by Crippen LogP contribution is -2.74. The van der Waals surface area contributed by atoms with Gasteiger partial charge in [-0.3, -0.25) is 9.48 Å². The number of aromatic nitrogens is 2. The molecular formula is C17H29N3O3. The normalized spacial score (nSPS) is 26.0. The van der Waals surface area contributed by atoms with E-state index in [1.807, 2.05) is 41.7 Å². The van der Waals surface area contributed by atoms with Gasteiger partial charge in [-0.15, -0.1) is 0 Å². The Bertz CT molecular complexity index is 594. The van der Waals surface area contributed by atoms with E-state index in [9.17, 15) is 9.90 Å². The topological polar surface area (TPSA) is 76.4 Å². The van der Waals surface area contributed by atoms with Gasteiger partial charge in [0, 0.05) is 36.7 Å². The van der Waals surface area contributed by atoms with E-state index >= 15 is 0 Å². The van der Waals surface area contributed by atoms with Crippen molar-refractivity contribution in [3.8, 4) is 0 Å². The molecule has 1 amide bonds. The number of aryl methyl sites for hydroxylation is 2. The van der Waals surface area contributed by atoms with Crippen molar-refractivity contribution >= 4 is 5.91 Å². The van der Waals surface area contributed by atoms with Gasteiger partial charge < -0.3 is 15.2 Å². The van der Waals surface area contributed by atoms with E-state index in [-0.39, 0.29) is 30.5 Å². The third-order valence-corrected chi connectivity index (χ3v) is 5.58. The number of ether oxygens (including phenoxy) is 1. The van der Waals surface area contributed by atoms with Gasteiger partial charge in [0.05, 0.1) is 30.4 Å². The molecule has 0 unspecified atom stereocenters. The molecule has 0 spiro atoms. The summed E-state index contributed by atoms with van der Waals surface area (Å²) in [6.07, 6.45) is 0.978. The molecule has 1 saturated carbocycles. The molecule has 2 rings (SSSR count). The maximum atomic E-state index is 12.5. The van der Waals surface area contributed by atoms with Crippen molar-refractivity contribution in [1.82, 2.24) is 15.1 Å². The van der Waals surface area contributed by atoms with Crippen LogP contribution in [0.5, 0.6) is 0 Å². The summed E-state index contributed by atoms with van der Waals surface area (Å²) in [4.78, 5) is 12.5. The molecule has 1 aliphatic carbocycles. The molecular weight excluding hydrogens is 294 g/mol. The molecule has 0 aliphatic heterocycles. The summed E-state index contributed by atoms with van der Waals surface area (Å²) in [6.45, 7) is 10.5. The zero-order valence-electron chi connectivity index (χ0n) is 15.1. The number of nitrogens with zero attached hydrogens (tertiary/aromatic N) is 2. The molecule has 0 radical (unpaired) electrons.